The molecule has 1 aliphatic rings. The van der Waals surface area contributed by atoms with Crippen LogP contribution < -0.4 is 0 Å². The third-order valence-electron chi connectivity index (χ3n) is 4.42. The first-order valence-corrected chi connectivity index (χ1v) is 9.88. The number of nitrogens with zero attached hydrogens (tertiary/aromatic N) is 2. The van der Waals surface area contributed by atoms with Gasteiger partial charge in [0.15, 0.2) is 0 Å². The summed E-state index contributed by atoms with van der Waals surface area (Å²) in [5.41, 5.74) is 1.83. The van der Waals surface area contributed by atoms with Gasteiger partial charge in [0, 0.05) is 36.6 Å². The van der Waals surface area contributed by atoms with Crippen molar-refractivity contribution in [1.29, 1.82) is 0 Å². The zero-order valence-corrected chi connectivity index (χ0v) is 17.9. The molecule has 1 atom stereocenters. The van der Waals surface area contributed by atoms with Crippen LogP contribution in [0.3, 0.4) is 0 Å². The summed E-state index contributed by atoms with van der Waals surface area (Å²) in [6, 6.07) is 6.15. The van der Waals surface area contributed by atoms with Gasteiger partial charge in [-0.25, -0.2) is 4.79 Å². The molecule has 0 spiro atoms. The van der Waals surface area contributed by atoms with Crippen molar-refractivity contribution in [3.63, 3.8) is 0 Å². The Hall–Kier alpha value is -1.56. The lowest BCUT2D eigenvalue weighted by atomic mass is 10.1. The van der Waals surface area contributed by atoms with Crippen LogP contribution >= 0.6 is 15.9 Å². The maximum Gasteiger partial charge on any atom is 0.410 e. The van der Waals surface area contributed by atoms with Crippen LogP contribution in [0.25, 0.3) is 0 Å². The lowest BCUT2D eigenvalue weighted by Crippen LogP contribution is -2.56. The molecule has 0 saturated carbocycles. The van der Waals surface area contributed by atoms with E-state index in [2.05, 4.69) is 34.1 Å². The molecule has 144 valence electrons. The Morgan fingerprint density at radius 1 is 1.27 bits per heavy atom. The summed E-state index contributed by atoms with van der Waals surface area (Å²) in [5.74, 6) is 0.133. The second kappa shape index (κ2) is 8.42. The first kappa shape index (κ1) is 20.7. The maximum atomic E-state index is 12.6. The van der Waals surface area contributed by atoms with E-state index in [0.29, 0.717) is 32.5 Å². The van der Waals surface area contributed by atoms with Crippen molar-refractivity contribution in [2.24, 2.45) is 0 Å². The van der Waals surface area contributed by atoms with Gasteiger partial charge in [0.1, 0.15) is 5.60 Å². The third-order valence-corrected chi connectivity index (χ3v) is 5.16. The summed E-state index contributed by atoms with van der Waals surface area (Å²) in [6.45, 7) is 11.2. The molecule has 1 fully saturated rings. The lowest BCUT2D eigenvalue weighted by molar-refractivity contribution is -0.134. The van der Waals surface area contributed by atoms with E-state index in [1.165, 1.54) is 5.56 Å². The van der Waals surface area contributed by atoms with Gasteiger partial charge in [-0.15, -0.1) is 0 Å². The van der Waals surface area contributed by atoms with Gasteiger partial charge in [0.2, 0.25) is 5.91 Å². The van der Waals surface area contributed by atoms with Crippen LogP contribution in [0, 0.1) is 6.92 Å². The number of piperazine rings is 1. The SMILES string of the molecule is Cc1ccc(CCC(=O)N2CCN(C(=O)OC(C)(C)C)[C@@H](C)C2)c(Br)c1. The summed E-state index contributed by atoms with van der Waals surface area (Å²) < 4.78 is 6.50. The van der Waals surface area contributed by atoms with Gasteiger partial charge in [0.25, 0.3) is 0 Å². The Morgan fingerprint density at radius 2 is 1.96 bits per heavy atom. The van der Waals surface area contributed by atoms with Crippen LogP contribution in [0.1, 0.15) is 45.2 Å². The van der Waals surface area contributed by atoms with Crippen LogP contribution in [0.15, 0.2) is 22.7 Å². The van der Waals surface area contributed by atoms with Crippen LogP contribution in [0.4, 0.5) is 4.79 Å². The molecule has 1 aliphatic heterocycles. The van der Waals surface area contributed by atoms with E-state index in [1.54, 1.807) is 4.90 Å². The number of amides is 2. The van der Waals surface area contributed by atoms with Gasteiger partial charge in [-0.05, 0) is 58.2 Å². The molecule has 0 bridgehead atoms. The van der Waals surface area contributed by atoms with Crippen molar-refractivity contribution in [3.8, 4) is 0 Å². The topological polar surface area (TPSA) is 49.9 Å². The van der Waals surface area contributed by atoms with Crippen molar-refractivity contribution in [2.75, 3.05) is 19.6 Å². The van der Waals surface area contributed by atoms with Crippen molar-refractivity contribution in [1.82, 2.24) is 9.80 Å². The van der Waals surface area contributed by atoms with Crippen LogP contribution in [-0.2, 0) is 16.0 Å². The average molecular weight is 425 g/mol. The van der Waals surface area contributed by atoms with Gasteiger partial charge in [-0.3, -0.25) is 4.79 Å². The van der Waals surface area contributed by atoms with Crippen LogP contribution in [-0.4, -0.2) is 53.1 Å². The Labute approximate surface area is 164 Å². The standard InChI is InChI=1S/C20H29BrN2O3/c1-14-6-7-16(17(21)12-14)8-9-18(24)22-10-11-23(15(2)13-22)19(25)26-20(3,4)5/h6-7,12,15H,8-11,13H2,1-5H3/t15-/m0/s1. The Balaban J connectivity index is 1.87. The zero-order chi connectivity index (χ0) is 19.5. The molecule has 0 aliphatic carbocycles. The molecule has 6 heteroatoms. The highest BCUT2D eigenvalue weighted by atomic mass is 79.9. The number of carbonyl (C=O) groups excluding carboxylic acids is 2. The predicted octanol–water partition coefficient (Wildman–Crippen LogP) is 4.16. The maximum absolute atomic E-state index is 12.6. The number of halogens is 1. The normalized spacial score (nSPS) is 18.0. The fourth-order valence-electron chi connectivity index (χ4n) is 3.03. The lowest BCUT2D eigenvalue weighted by Gasteiger charge is -2.40. The van der Waals surface area contributed by atoms with Gasteiger partial charge in [0.05, 0.1) is 0 Å². The van der Waals surface area contributed by atoms with E-state index in [0.717, 1.165) is 10.0 Å². The number of benzene rings is 1. The third kappa shape index (κ3) is 5.73. The smallest absolute Gasteiger partial charge is 0.410 e. The number of hydrogen-bond donors (Lipinski definition) is 0. The molecule has 5 nitrogen and oxygen atoms in total. The monoisotopic (exact) mass is 424 g/mol. The highest BCUT2D eigenvalue weighted by Crippen LogP contribution is 2.21. The number of ether oxygens (including phenoxy) is 1. The van der Waals surface area contributed by atoms with Crippen LogP contribution in [0.5, 0.6) is 0 Å². The Bertz CT molecular complexity index is 670. The molecule has 26 heavy (non-hydrogen) atoms. The van der Waals surface area contributed by atoms with Crippen molar-refractivity contribution in [3.05, 3.63) is 33.8 Å². The van der Waals surface area contributed by atoms with Gasteiger partial charge in [-0.2, -0.15) is 0 Å². The van der Waals surface area contributed by atoms with Crippen LogP contribution in [0.2, 0.25) is 0 Å². The summed E-state index contributed by atoms with van der Waals surface area (Å²) >= 11 is 3.57. The van der Waals surface area contributed by atoms with E-state index in [4.69, 9.17) is 4.74 Å². The molecule has 0 unspecified atom stereocenters. The highest BCUT2D eigenvalue weighted by Gasteiger charge is 2.32. The van der Waals surface area contributed by atoms with Gasteiger partial charge >= 0.3 is 6.09 Å². The van der Waals surface area contributed by atoms with Crippen molar-refractivity contribution < 1.29 is 14.3 Å². The average Bonchev–Trinajstić information content (AvgIpc) is 2.51. The number of rotatable bonds is 3. The first-order valence-electron chi connectivity index (χ1n) is 9.09. The quantitative estimate of drug-likeness (QED) is 0.731. The largest absolute Gasteiger partial charge is 0.444 e. The minimum Gasteiger partial charge on any atom is -0.444 e. The van der Waals surface area contributed by atoms with E-state index >= 15 is 0 Å². The Morgan fingerprint density at radius 3 is 2.54 bits per heavy atom. The van der Waals surface area contributed by atoms with Gasteiger partial charge < -0.3 is 14.5 Å². The van der Waals surface area contributed by atoms with E-state index in [1.807, 2.05) is 39.5 Å². The second-order valence-corrected chi connectivity index (χ2v) is 8.81. The molecular formula is C20H29BrN2O3. The molecule has 0 aromatic heterocycles. The predicted molar refractivity (Wildman–Crippen MR) is 106 cm³/mol. The molecule has 1 aromatic carbocycles. The van der Waals surface area contributed by atoms with Crippen molar-refractivity contribution in [2.45, 2.75) is 59.1 Å². The summed E-state index contributed by atoms with van der Waals surface area (Å²) in [4.78, 5) is 28.4. The van der Waals surface area contributed by atoms with E-state index in [9.17, 15) is 9.59 Å². The highest BCUT2D eigenvalue weighted by molar-refractivity contribution is 9.10. The number of aryl methyl sites for hydroxylation is 2. The molecule has 1 saturated heterocycles. The minimum absolute atomic E-state index is 0.0475. The fraction of sp³-hybridized carbons (Fsp3) is 0.600. The Kier molecular flexibility index (Phi) is 6.72. The molecule has 0 radical (unpaired) electrons. The summed E-state index contributed by atoms with van der Waals surface area (Å²) in [6.07, 6.45) is 0.877. The zero-order valence-electron chi connectivity index (χ0n) is 16.3. The molecule has 2 amide bonds. The van der Waals surface area contributed by atoms with E-state index < -0.39 is 5.60 Å². The summed E-state index contributed by atoms with van der Waals surface area (Å²) in [7, 11) is 0. The summed E-state index contributed by atoms with van der Waals surface area (Å²) in [5, 5.41) is 0. The second-order valence-electron chi connectivity index (χ2n) is 7.96. The molecule has 2 rings (SSSR count). The number of carbonyl (C=O) groups is 2. The first-order chi connectivity index (χ1) is 12.1. The minimum atomic E-state index is -0.509. The number of hydrogen-bond acceptors (Lipinski definition) is 3. The van der Waals surface area contributed by atoms with Crippen molar-refractivity contribution >= 4 is 27.9 Å². The molecular weight excluding hydrogens is 396 g/mol. The van der Waals surface area contributed by atoms with Gasteiger partial charge in [-0.1, -0.05) is 28.1 Å². The molecule has 1 heterocycles. The molecule has 0 N–H and O–H groups in total. The van der Waals surface area contributed by atoms with E-state index in [-0.39, 0.29) is 18.0 Å². The fourth-order valence-corrected chi connectivity index (χ4v) is 3.72. The molecule has 1 aromatic rings.